The number of likely N-dealkylation sites (tertiary alicyclic amines) is 1. The molecule has 1 saturated heterocycles. The predicted octanol–water partition coefficient (Wildman–Crippen LogP) is 1.95. The summed E-state index contributed by atoms with van der Waals surface area (Å²) >= 11 is 1.70. The van der Waals surface area contributed by atoms with Crippen molar-refractivity contribution >= 4 is 11.3 Å². The molecule has 0 amide bonds. The Balaban J connectivity index is 1.54. The second kappa shape index (κ2) is 5.16. The van der Waals surface area contributed by atoms with E-state index in [9.17, 15) is 0 Å². The van der Waals surface area contributed by atoms with Crippen molar-refractivity contribution in [1.82, 2.24) is 25.3 Å². The Labute approximate surface area is 110 Å². The molecule has 1 N–H and O–H groups in total. The lowest BCUT2D eigenvalue weighted by Crippen LogP contribution is -2.32. The lowest BCUT2D eigenvalue weighted by molar-refractivity contribution is 0.202. The van der Waals surface area contributed by atoms with Crippen molar-refractivity contribution in [2.75, 3.05) is 13.1 Å². The van der Waals surface area contributed by atoms with Crippen LogP contribution < -0.4 is 0 Å². The van der Waals surface area contributed by atoms with E-state index in [2.05, 4.69) is 31.4 Å². The molecule has 1 aliphatic rings. The predicted molar refractivity (Wildman–Crippen MR) is 70.5 cm³/mol. The maximum absolute atomic E-state index is 4.19. The fourth-order valence-electron chi connectivity index (χ4n) is 2.49. The van der Waals surface area contributed by atoms with Gasteiger partial charge in [0.25, 0.3) is 0 Å². The van der Waals surface area contributed by atoms with E-state index in [1.807, 2.05) is 13.1 Å². The van der Waals surface area contributed by atoms with Crippen molar-refractivity contribution in [3.8, 4) is 0 Å². The summed E-state index contributed by atoms with van der Waals surface area (Å²) in [5, 5.41) is 17.6. The van der Waals surface area contributed by atoms with Crippen molar-refractivity contribution in [1.29, 1.82) is 0 Å². The van der Waals surface area contributed by atoms with Crippen molar-refractivity contribution < 1.29 is 0 Å². The Morgan fingerprint density at radius 3 is 2.83 bits per heavy atom. The molecule has 0 bridgehead atoms. The van der Waals surface area contributed by atoms with Gasteiger partial charge in [-0.1, -0.05) is 0 Å². The maximum atomic E-state index is 4.19. The van der Waals surface area contributed by atoms with Crippen LogP contribution in [0.15, 0.2) is 12.3 Å². The van der Waals surface area contributed by atoms with Crippen LogP contribution in [-0.2, 0) is 6.54 Å². The normalized spacial score (nSPS) is 18.3. The van der Waals surface area contributed by atoms with Gasteiger partial charge in [0.1, 0.15) is 10.0 Å². The Bertz CT molecular complexity index is 484. The summed E-state index contributed by atoms with van der Waals surface area (Å²) in [4.78, 5) is 2.47. The quantitative estimate of drug-likeness (QED) is 0.919. The lowest BCUT2D eigenvalue weighted by atomic mass is 9.94. The number of aromatic amines is 1. The summed E-state index contributed by atoms with van der Waals surface area (Å²) < 4.78 is 0. The number of rotatable bonds is 3. The molecule has 0 aromatic carbocycles. The fourth-order valence-corrected chi connectivity index (χ4v) is 3.24. The lowest BCUT2D eigenvalue weighted by Gasteiger charge is -2.30. The first-order chi connectivity index (χ1) is 8.81. The summed E-state index contributed by atoms with van der Waals surface area (Å²) in [7, 11) is 0. The van der Waals surface area contributed by atoms with E-state index in [1.54, 1.807) is 11.3 Å². The maximum Gasteiger partial charge on any atom is 0.131 e. The molecule has 96 valence electrons. The molecule has 1 fully saturated rings. The molecule has 0 spiro atoms. The number of piperidine rings is 1. The zero-order chi connectivity index (χ0) is 12.4. The van der Waals surface area contributed by atoms with Crippen LogP contribution >= 0.6 is 11.3 Å². The minimum absolute atomic E-state index is 0.639. The summed E-state index contributed by atoms with van der Waals surface area (Å²) in [6.07, 6.45) is 4.23. The third-order valence-electron chi connectivity index (χ3n) is 3.48. The topological polar surface area (TPSA) is 57.7 Å². The number of nitrogens with one attached hydrogen (secondary N) is 1. The van der Waals surface area contributed by atoms with E-state index in [4.69, 9.17) is 0 Å². The molecule has 0 unspecified atom stereocenters. The highest BCUT2D eigenvalue weighted by molar-refractivity contribution is 7.11. The SMILES string of the molecule is Cc1nnc(CN2CCC(c3ccn[nH]3)CC2)s1. The summed E-state index contributed by atoms with van der Waals surface area (Å²) in [6.45, 7) is 5.21. The standard InChI is InChI=1S/C12H17N5S/c1-9-14-16-12(18-9)8-17-6-3-10(4-7-17)11-2-5-13-15-11/h2,5,10H,3-4,6-8H2,1H3,(H,13,15). The van der Waals surface area contributed by atoms with Gasteiger partial charge in [0.05, 0.1) is 6.54 Å². The Morgan fingerprint density at radius 2 is 2.22 bits per heavy atom. The molecular formula is C12H17N5S. The van der Waals surface area contributed by atoms with E-state index in [0.717, 1.165) is 29.6 Å². The van der Waals surface area contributed by atoms with E-state index in [0.29, 0.717) is 5.92 Å². The van der Waals surface area contributed by atoms with Crippen molar-refractivity contribution in [3.63, 3.8) is 0 Å². The third-order valence-corrected chi connectivity index (χ3v) is 4.30. The molecule has 0 atom stereocenters. The van der Waals surface area contributed by atoms with Crippen LogP contribution in [0.3, 0.4) is 0 Å². The van der Waals surface area contributed by atoms with Crippen molar-refractivity contribution in [2.24, 2.45) is 0 Å². The van der Waals surface area contributed by atoms with Crippen LogP contribution in [0.25, 0.3) is 0 Å². The van der Waals surface area contributed by atoms with Gasteiger partial charge < -0.3 is 0 Å². The fraction of sp³-hybridized carbons (Fsp3) is 0.583. The van der Waals surface area contributed by atoms with Gasteiger partial charge in [-0.25, -0.2) is 0 Å². The Hall–Kier alpha value is -1.27. The zero-order valence-electron chi connectivity index (χ0n) is 10.5. The highest BCUT2D eigenvalue weighted by atomic mass is 32.1. The molecule has 3 heterocycles. The van der Waals surface area contributed by atoms with Crippen molar-refractivity contribution in [2.45, 2.75) is 32.2 Å². The van der Waals surface area contributed by atoms with Gasteiger partial charge in [0, 0.05) is 17.8 Å². The number of aryl methyl sites for hydroxylation is 1. The molecule has 6 heteroatoms. The first-order valence-electron chi connectivity index (χ1n) is 6.32. The highest BCUT2D eigenvalue weighted by Crippen LogP contribution is 2.27. The van der Waals surface area contributed by atoms with Gasteiger partial charge >= 0.3 is 0 Å². The van der Waals surface area contributed by atoms with Crippen LogP contribution in [0, 0.1) is 6.92 Å². The first-order valence-corrected chi connectivity index (χ1v) is 7.13. The largest absolute Gasteiger partial charge is 0.297 e. The van der Waals surface area contributed by atoms with E-state index < -0.39 is 0 Å². The molecule has 2 aromatic rings. The molecule has 0 aliphatic carbocycles. The van der Waals surface area contributed by atoms with Crippen molar-refractivity contribution in [3.05, 3.63) is 28.0 Å². The second-order valence-electron chi connectivity index (χ2n) is 4.78. The van der Waals surface area contributed by atoms with Gasteiger partial charge in [0.2, 0.25) is 0 Å². The van der Waals surface area contributed by atoms with Crippen LogP contribution in [-0.4, -0.2) is 38.4 Å². The summed E-state index contributed by atoms with van der Waals surface area (Å²) in [5.74, 6) is 0.639. The smallest absolute Gasteiger partial charge is 0.131 e. The molecule has 1 aliphatic heterocycles. The van der Waals surface area contributed by atoms with Crippen LogP contribution in [0.4, 0.5) is 0 Å². The molecular weight excluding hydrogens is 246 g/mol. The minimum atomic E-state index is 0.639. The molecule has 0 saturated carbocycles. The average Bonchev–Trinajstić information content (AvgIpc) is 3.02. The molecule has 2 aromatic heterocycles. The Morgan fingerprint density at radius 1 is 1.39 bits per heavy atom. The van der Waals surface area contributed by atoms with Gasteiger partial charge in [-0.3, -0.25) is 10.00 Å². The van der Waals surface area contributed by atoms with Gasteiger partial charge in [-0.15, -0.1) is 21.5 Å². The highest BCUT2D eigenvalue weighted by Gasteiger charge is 2.22. The number of H-pyrrole nitrogens is 1. The summed E-state index contributed by atoms with van der Waals surface area (Å²) in [5.41, 5.74) is 1.28. The van der Waals surface area contributed by atoms with Crippen LogP contribution in [0.1, 0.15) is 34.5 Å². The first kappa shape index (κ1) is 11.8. The average molecular weight is 263 g/mol. The van der Waals surface area contributed by atoms with E-state index in [-0.39, 0.29) is 0 Å². The molecule has 3 rings (SSSR count). The minimum Gasteiger partial charge on any atom is -0.297 e. The monoisotopic (exact) mass is 263 g/mol. The molecule has 5 nitrogen and oxygen atoms in total. The van der Waals surface area contributed by atoms with E-state index >= 15 is 0 Å². The molecule has 0 radical (unpaired) electrons. The second-order valence-corrected chi connectivity index (χ2v) is 6.04. The van der Waals surface area contributed by atoms with Crippen LogP contribution in [0.2, 0.25) is 0 Å². The molecule has 18 heavy (non-hydrogen) atoms. The van der Waals surface area contributed by atoms with Gasteiger partial charge in [0.15, 0.2) is 0 Å². The summed E-state index contributed by atoms with van der Waals surface area (Å²) in [6, 6.07) is 2.09. The Kier molecular flexibility index (Phi) is 3.38. The van der Waals surface area contributed by atoms with E-state index in [1.165, 1.54) is 18.5 Å². The van der Waals surface area contributed by atoms with Crippen LogP contribution in [0.5, 0.6) is 0 Å². The zero-order valence-corrected chi connectivity index (χ0v) is 11.3. The number of aromatic nitrogens is 4. The third kappa shape index (κ3) is 2.59. The number of hydrogen-bond donors (Lipinski definition) is 1. The number of nitrogens with zero attached hydrogens (tertiary/aromatic N) is 4. The van der Waals surface area contributed by atoms with Gasteiger partial charge in [-0.2, -0.15) is 5.10 Å². The van der Waals surface area contributed by atoms with Gasteiger partial charge in [-0.05, 0) is 38.9 Å². The number of hydrogen-bond acceptors (Lipinski definition) is 5.